The second-order valence-corrected chi connectivity index (χ2v) is 10.5. The lowest BCUT2D eigenvalue weighted by Crippen LogP contribution is -2.00. The van der Waals surface area contributed by atoms with Crippen molar-refractivity contribution < 1.29 is 4.42 Å². The minimum atomic E-state index is 0.599. The molecule has 0 aliphatic heterocycles. The Morgan fingerprint density at radius 2 is 0.698 bits per heavy atom. The Kier molecular flexibility index (Phi) is 6.08. The van der Waals surface area contributed by atoms with Gasteiger partial charge in [0.1, 0.15) is 11.2 Å². The summed E-state index contributed by atoms with van der Waals surface area (Å²) in [5.41, 5.74) is 9.03. The van der Waals surface area contributed by atoms with Crippen LogP contribution in [0.2, 0.25) is 0 Å². The second-order valence-electron chi connectivity index (χ2n) is 10.5. The summed E-state index contributed by atoms with van der Waals surface area (Å²) in [5, 5.41) is 2.17. The maximum Gasteiger partial charge on any atom is 0.164 e. The summed E-state index contributed by atoms with van der Waals surface area (Å²) in [4.78, 5) is 14.9. The fraction of sp³-hybridized carbons (Fsp3) is 0. The van der Waals surface area contributed by atoms with Crippen LogP contribution < -0.4 is 0 Å². The third-order valence-corrected chi connectivity index (χ3v) is 7.77. The molecule has 8 aromatic rings. The average Bonchev–Trinajstić information content (AvgIpc) is 3.47. The highest BCUT2D eigenvalue weighted by atomic mass is 16.3. The van der Waals surface area contributed by atoms with Gasteiger partial charge in [0.05, 0.1) is 0 Å². The largest absolute Gasteiger partial charge is 0.456 e. The van der Waals surface area contributed by atoms with E-state index in [1.807, 2.05) is 36.4 Å². The Bertz CT molecular complexity index is 2100. The van der Waals surface area contributed by atoms with E-state index in [1.165, 1.54) is 11.1 Å². The van der Waals surface area contributed by atoms with Crippen molar-refractivity contribution in [1.29, 1.82) is 0 Å². The van der Waals surface area contributed by atoms with Crippen LogP contribution in [0, 0.1) is 0 Å². The first-order chi connectivity index (χ1) is 21.3. The smallest absolute Gasteiger partial charge is 0.164 e. The molecular weight excluding hydrogens is 526 g/mol. The van der Waals surface area contributed by atoms with E-state index in [-0.39, 0.29) is 0 Å². The van der Waals surface area contributed by atoms with Gasteiger partial charge < -0.3 is 4.42 Å². The highest BCUT2D eigenvalue weighted by molar-refractivity contribution is 6.05. The van der Waals surface area contributed by atoms with Gasteiger partial charge in [-0.05, 0) is 40.5 Å². The van der Waals surface area contributed by atoms with E-state index in [0.29, 0.717) is 17.5 Å². The predicted octanol–water partition coefficient (Wildman–Crippen LogP) is 10.1. The normalized spacial score (nSPS) is 11.3. The molecule has 0 atom stereocenters. The topological polar surface area (TPSA) is 51.8 Å². The van der Waals surface area contributed by atoms with Crippen LogP contribution in [0.4, 0.5) is 0 Å². The van der Waals surface area contributed by atoms with E-state index < -0.39 is 0 Å². The molecule has 4 heteroatoms. The number of aromatic nitrogens is 3. The third-order valence-electron chi connectivity index (χ3n) is 7.77. The molecular formula is C39H25N3O. The van der Waals surface area contributed by atoms with E-state index in [9.17, 15) is 0 Å². The van der Waals surface area contributed by atoms with Crippen molar-refractivity contribution in [3.05, 3.63) is 152 Å². The van der Waals surface area contributed by atoms with Gasteiger partial charge in [-0.1, -0.05) is 133 Å². The van der Waals surface area contributed by atoms with Gasteiger partial charge >= 0.3 is 0 Å². The standard InChI is InChI=1S/C39H25N3O/c1-3-9-26(10-4-1)28-15-19-30(20-16-28)37-40-38(31-21-17-29(18-22-31)27-11-5-2-6-12-27)42-39(41-37)32-23-24-34-33-13-7-8-14-35(33)43-36(34)25-32/h1-25H. The van der Waals surface area contributed by atoms with Crippen LogP contribution in [0.25, 0.3) is 78.4 Å². The molecule has 0 fully saturated rings. The lowest BCUT2D eigenvalue weighted by atomic mass is 10.0. The first-order valence-electron chi connectivity index (χ1n) is 14.3. The Balaban J connectivity index is 1.24. The van der Waals surface area contributed by atoms with Crippen LogP contribution in [0.15, 0.2) is 156 Å². The zero-order valence-corrected chi connectivity index (χ0v) is 23.2. The summed E-state index contributed by atoms with van der Waals surface area (Å²) in [6.07, 6.45) is 0. The SMILES string of the molecule is c1ccc(-c2ccc(-c3nc(-c4ccc(-c5ccccc5)cc4)nc(-c4ccc5c(c4)oc4ccccc45)n3)cc2)cc1. The first-order valence-corrected chi connectivity index (χ1v) is 14.3. The number of fused-ring (bicyclic) bond motifs is 3. The summed E-state index contributed by atoms with van der Waals surface area (Å²) in [6.45, 7) is 0. The molecule has 0 aliphatic carbocycles. The number of rotatable bonds is 5. The van der Waals surface area contributed by atoms with E-state index in [4.69, 9.17) is 19.4 Å². The van der Waals surface area contributed by atoms with E-state index in [2.05, 4.69) is 115 Å². The van der Waals surface area contributed by atoms with E-state index >= 15 is 0 Å². The molecule has 0 aliphatic rings. The van der Waals surface area contributed by atoms with Gasteiger partial charge in [0, 0.05) is 27.5 Å². The van der Waals surface area contributed by atoms with Crippen LogP contribution >= 0.6 is 0 Å². The van der Waals surface area contributed by atoms with Crippen LogP contribution in [-0.2, 0) is 0 Å². The highest BCUT2D eigenvalue weighted by Crippen LogP contribution is 2.33. The Labute approximate surface area is 249 Å². The molecule has 6 aromatic carbocycles. The molecule has 8 rings (SSSR count). The Morgan fingerprint density at radius 3 is 1.26 bits per heavy atom. The molecule has 2 aromatic heterocycles. The van der Waals surface area contributed by atoms with E-state index in [0.717, 1.165) is 49.8 Å². The monoisotopic (exact) mass is 551 g/mol. The summed E-state index contributed by atoms with van der Waals surface area (Å²) >= 11 is 0. The van der Waals surface area contributed by atoms with Gasteiger partial charge in [0.2, 0.25) is 0 Å². The van der Waals surface area contributed by atoms with Crippen molar-refractivity contribution in [3.63, 3.8) is 0 Å². The van der Waals surface area contributed by atoms with Gasteiger partial charge in [-0.3, -0.25) is 0 Å². The zero-order chi connectivity index (χ0) is 28.6. The quantitative estimate of drug-likeness (QED) is 0.214. The lowest BCUT2D eigenvalue weighted by Gasteiger charge is -2.10. The average molecular weight is 552 g/mol. The number of hydrogen-bond acceptors (Lipinski definition) is 4. The number of furan rings is 1. The molecule has 0 saturated carbocycles. The first kappa shape index (κ1) is 24.9. The van der Waals surface area contributed by atoms with Crippen molar-refractivity contribution in [3.8, 4) is 56.4 Å². The zero-order valence-electron chi connectivity index (χ0n) is 23.2. The van der Waals surface area contributed by atoms with Crippen molar-refractivity contribution in [1.82, 2.24) is 15.0 Å². The number of nitrogens with zero attached hydrogens (tertiary/aromatic N) is 3. The predicted molar refractivity (Wildman–Crippen MR) is 174 cm³/mol. The van der Waals surface area contributed by atoms with Crippen molar-refractivity contribution in [2.45, 2.75) is 0 Å². The molecule has 43 heavy (non-hydrogen) atoms. The van der Waals surface area contributed by atoms with Crippen LogP contribution in [0.1, 0.15) is 0 Å². The maximum atomic E-state index is 6.18. The molecule has 202 valence electrons. The lowest BCUT2D eigenvalue weighted by molar-refractivity contribution is 0.669. The van der Waals surface area contributed by atoms with Crippen LogP contribution in [0.3, 0.4) is 0 Å². The van der Waals surface area contributed by atoms with Crippen molar-refractivity contribution in [2.24, 2.45) is 0 Å². The Hall–Kier alpha value is -5.87. The number of hydrogen-bond donors (Lipinski definition) is 0. The summed E-state index contributed by atoms with van der Waals surface area (Å²) in [7, 11) is 0. The van der Waals surface area contributed by atoms with Gasteiger partial charge in [0.25, 0.3) is 0 Å². The number of benzene rings is 6. The van der Waals surface area contributed by atoms with Crippen LogP contribution in [0.5, 0.6) is 0 Å². The van der Waals surface area contributed by atoms with E-state index in [1.54, 1.807) is 0 Å². The molecule has 0 spiro atoms. The fourth-order valence-electron chi connectivity index (χ4n) is 5.51. The minimum absolute atomic E-state index is 0.599. The molecule has 0 saturated heterocycles. The van der Waals surface area contributed by atoms with Crippen LogP contribution in [-0.4, -0.2) is 15.0 Å². The summed E-state index contributed by atoms with van der Waals surface area (Å²) in [5.74, 6) is 1.84. The molecule has 4 nitrogen and oxygen atoms in total. The summed E-state index contributed by atoms with van der Waals surface area (Å²) in [6, 6.07) is 51.7. The molecule has 0 radical (unpaired) electrons. The van der Waals surface area contributed by atoms with Gasteiger partial charge in [-0.25, -0.2) is 15.0 Å². The Morgan fingerprint density at radius 1 is 0.302 bits per heavy atom. The molecule has 0 amide bonds. The van der Waals surface area contributed by atoms with Gasteiger partial charge in [0.15, 0.2) is 17.5 Å². The van der Waals surface area contributed by atoms with Crippen molar-refractivity contribution >= 4 is 21.9 Å². The maximum absolute atomic E-state index is 6.18. The second kappa shape index (κ2) is 10.5. The number of para-hydroxylation sites is 1. The highest BCUT2D eigenvalue weighted by Gasteiger charge is 2.15. The molecule has 2 heterocycles. The summed E-state index contributed by atoms with van der Waals surface area (Å²) < 4.78 is 6.18. The van der Waals surface area contributed by atoms with Gasteiger partial charge in [-0.15, -0.1) is 0 Å². The van der Waals surface area contributed by atoms with Gasteiger partial charge in [-0.2, -0.15) is 0 Å². The van der Waals surface area contributed by atoms with Crippen molar-refractivity contribution in [2.75, 3.05) is 0 Å². The third kappa shape index (κ3) is 4.75. The molecule has 0 N–H and O–H groups in total. The minimum Gasteiger partial charge on any atom is -0.456 e. The molecule has 0 unspecified atom stereocenters. The molecule has 0 bridgehead atoms. The fourth-order valence-corrected chi connectivity index (χ4v) is 5.51.